The lowest BCUT2D eigenvalue weighted by Gasteiger charge is -2.35. The van der Waals surface area contributed by atoms with Crippen molar-refractivity contribution in [3.05, 3.63) is 22.7 Å². The molecule has 1 saturated heterocycles. The maximum absolute atomic E-state index is 11.3. The van der Waals surface area contributed by atoms with Crippen molar-refractivity contribution in [1.29, 1.82) is 0 Å². The van der Waals surface area contributed by atoms with E-state index in [-0.39, 0.29) is 10.9 Å². The number of nitrogens with two attached hydrogens (primary N) is 1. The minimum absolute atomic E-state index is 0.000316. The van der Waals surface area contributed by atoms with Crippen molar-refractivity contribution in [1.82, 2.24) is 0 Å². The van der Waals surface area contributed by atoms with Gasteiger partial charge in [0, 0.05) is 10.2 Å². The molecule has 0 atom stereocenters. The van der Waals surface area contributed by atoms with Gasteiger partial charge >= 0.3 is 0 Å². The molecule has 0 aliphatic carbocycles. The third-order valence-corrected chi connectivity index (χ3v) is 4.46. The average Bonchev–Trinajstić information content (AvgIpc) is 2.33. The fourth-order valence-corrected chi connectivity index (χ4v) is 2.97. The molecule has 1 aromatic rings. The van der Waals surface area contributed by atoms with Crippen molar-refractivity contribution in [3.63, 3.8) is 0 Å². The summed E-state index contributed by atoms with van der Waals surface area (Å²) in [5.41, 5.74) is 0.759. The molecule has 1 aliphatic heterocycles. The normalized spacial score (nSPS) is 19.8. The van der Waals surface area contributed by atoms with Crippen molar-refractivity contribution < 1.29 is 17.9 Å². The van der Waals surface area contributed by atoms with Crippen LogP contribution in [0.2, 0.25) is 0 Å². The Balaban J connectivity index is 2.08. The number of nitrogens with one attached hydrogen (secondary N) is 1. The highest BCUT2D eigenvalue weighted by atomic mass is 79.9. The van der Waals surface area contributed by atoms with E-state index < -0.39 is 15.8 Å². The lowest BCUT2D eigenvalue weighted by Crippen LogP contribution is -2.45. The van der Waals surface area contributed by atoms with Crippen LogP contribution < -0.4 is 10.5 Å². The maximum atomic E-state index is 11.3. The molecule has 3 N–H and O–H groups in total. The topological polar surface area (TPSA) is 90.6 Å². The SMILES string of the molecule is CC1(C)OCC(Nc2ccc(S(N)(=O)=O)cc2Br)CO1. The molecule has 0 spiro atoms. The van der Waals surface area contributed by atoms with Gasteiger partial charge in [0.25, 0.3) is 0 Å². The molecule has 1 aliphatic rings. The monoisotopic (exact) mass is 364 g/mol. The maximum Gasteiger partial charge on any atom is 0.238 e. The molecule has 0 radical (unpaired) electrons. The quantitative estimate of drug-likeness (QED) is 0.850. The van der Waals surface area contributed by atoms with Gasteiger partial charge in [-0.3, -0.25) is 0 Å². The first-order valence-corrected chi connectivity index (χ1v) is 8.38. The number of rotatable bonds is 3. The van der Waals surface area contributed by atoms with Crippen LogP contribution in [0, 0.1) is 0 Å². The lowest BCUT2D eigenvalue weighted by molar-refractivity contribution is -0.247. The zero-order valence-electron chi connectivity index (χ0n) is 11.2. The summed E-state index contributed by atoms with van der Waals surface area (Å²) in [7, 11) is -3.70. The fraction of sp³-hybridized carbons (Fsp3) is 0.500. The molecule has 20 heavy (non-hydrogen) atoms. The van der Waals surface area contributed by atoms with E-state index in [4.69, 9.17) is 14.6 Å². The Morgan fingerprint density at radius 3 is 2.45 bits per heavy atom. The molecule has 0 saturated carbocycles. The van der Waals surface area contributed by atoms with Gasteiger partial charge < -0.3 is 14.8 Å². The second kappa shape index (κ2) is 5.61. The number of halogens is 1. The van der Waals surface area contributed by atoms with Gasteiger partial charge in [0.05, 0.1) is 24.2 Å². The number of hydrogen-bond donors (Lipinski definition) is 2. The first kappa shape index (κ1) is 15.7. The molecular formula is C12H17BrN2O4S. The van der Waals surface area contributed by atoms with Gasteiger partial charge in [0.15, 0.2) is 5.79 Å². The molecular weight excluding hydrogens is 348 g/mol. The van der Waals surface area contributed by atoms with E-state index in [1.54, 1.807) is 6.07 Å². The summed E-state index contributed by atoms with van der Waals surface area (Å²) < 4.78 is 34.2. The van der Waals surface area contributed by atoms with Crippen molar-refractivity contribution in [2.24, 2.45) is 5.14 Å². The molecule has 112 valence electrons. The largest absolute Gasteiger partial charge is 0.377 e. The van der Waals surface area contributed by atoms with Crippen LogP contribution in [0.1, 0.15) is 13.8 Å². The Bertz CT molecular complexity index is 593. The van der Waals surface area contributed by atoms with Gasteiger partial charge in [-0.1, -0.05) is 0 Å². The standard InChI is InChI=1S/C12H17BrN2O4S/c1-12(2)18-6-8(7-19-12)15-11-4-3-9(5-10(11)13)20(14,16)17/h3-5,8,15H,6-7H2,1-2H3,(H2,14,16,17). The van der Waals surface area contributed by atoms with E-state index in [9.17, 15) is 8.42 Å². The predicted molar refractivity (Wildman–Crippen MR) is 78.9 cm³/mol. The Kier molecular flexibility index (Phi) is 4.41. The van der Waals surface area contributed by atoms with Crippen LogP contribution in [0.15, 0.2) is 27.6 Å². The van der Waals surface area contributed by atoms with Gasteiger partial charge in [-0.15, -0.1) is 0 Å². The lowest BCUT2D eigenvalue weighted by atomic mass is 10.2. The molecule has 1 fully saturated rings. The molecule has 1 aromatic carbocycles. The third kappa shape index (κ3) is 3.92. The number of primary sulfonamides is 1. The summed E-state index contributed by atoms with van der Waals surface area (Å²) in [4.78, 5) is 0.0622. The molecule has 6 nitrogen and oxygen atoms in total. The minimum atomic E-state index is -3.70. The smallest absolute Gasteiger partial charge is 0.238 e. The number of anilines is 1. The van der Waals surface area contributed by atoms with E-state index in [0.717, 1.165) is 5.69 Å². The summed E-state index contributed by atoms with van der Waals surface area (Å²) in [6, 6.07) is 4.58. The summed E-state index contributed by atoms with van der Waals surface area (Å²) >= 11 is 3.32. The second-order valence-electron chi connectivity index (χ2n) is 5.05. The molecule has 0 unspecified atom stereocenters. The van der Waals surface area contributed by atoms with E-state index in [1.165, 1.54) is 12.1 Å². The fourth-order valence-electron chi connectivity index (χ4n) is 1.79. The predicted octanol–water partition coefficient (Wildman–Crippen LogP) is 1.66. The minimum Gasteiger partial charge on any atom is -0.377 e. The van der Waals surface area contributed by atoms with E-state index in [0.29, 0.717) is 17.7 Å². The van der Waals surface area contributed by atoms with Crippen LogP contribution in [-0.2, 0) is 19.5 Å². The van der Waals surface area contributed by atoms with Gasteiger partial charge in [-0.25, -0.2) is 13.6 Å². The number of sulfonamides is 1. The number of benzene rings is 1. The van der Waals surface area contributed by atoms with Crippen LogP contribution in [0.25, 0.3) is 0 Å². The van der Waals surface area contributed by atoms with Crippen LogP contribution >= 0.6 is 15.9 Å². The molecule has 8 heteroatoms. The van der Waals surface area contributed by atoms with E-state index in [2.05, 4.69) is 21.2 Å². The van der Waals surface area contributed by atoms with Crippen molar-refractivity contribution in [2.75, 3.05) is 18.5 Å². The number of hydrogen-bond acceptors (Lipinski definition) is 5. The Hall–Kier alpha value is -0.670. The zero-order valence-corrected chi connectivity index (χ0v) is 13.6. The molecule has 0 bridgehead atoms. The zero-order chi connectivity index (χ0) is 15.0. The van der Waals surface area contributed by atoms with Crippen LogP contribution in [0.5, 0.6) is 0 Å². The third-order valence-electron chi connectivity index (χ3n) is 2.89. The van der Waals surface area contributed by atoms with Crippen LogP contribution in [0.3, 0.4) is 0 Å². The second-order valence-corrected chi connectivity index (χ2v) is 7.47. The van der Waals surface area contributed by atoms with Gasteiger partial charge in [-0.05, 0) is 48.0 Å². The Morgan fingerprint density at radius 1 is 1.35 bits per heavy atom. The summed E-state index contributed by atoms with van der Waals surface area (Å²) in [6.07, 6.45) is 0. The molecule has 2 rings (SSSR count). The number of ether oxygens (including phenoxy) is 2. The van der Waals surface area contributed by atoms with Gasteiger partial charge in [-0.2, -0.15) is 0 Å². The summed E-state index contributed by atoms with van der Waals surface area (Å²) in [5, 5.41) is 8.31. The highest BCUT2D eigenvalue weighted by molar-refractivity contribution is 9.10. The van der Waals surface area contributed by atoms with Crippen molar-refractivity contribution in [2.45, 2.75) is 30.6 Å². The summed E-state index contributed by atoms with van der Waals surface area (Å²) in [6.45, 7) is 4.74. The first-order chi connectivity index (χ1) is 9.17. The van der Waals surface area contributed by atoms with Crippen molar-refractivity contribution in [3.8, 4) is 0 Å². The van der Waals surface area contributed by atoms with Gasteiger partial charge in [0.2, 0.25) is 10.0 Å². The van der Waals surface area contributed by atoms with Gasteiger partial charge in [0.1, 0.15) is 0 Å². The Morgan fingerprint density at radius 2 is 1.95 bits per heavy atom. The highest BCUT2D eigenvalue weighted by Crippen LogP contribution is 2.27. The van der Waals surface area contributed by atoms with Crippen molar-refractivity contribution >= 4 is 31.6 Å². The van der Waals surface area contributed by atoms with E-state index >= 15 is 0 Å². The highest BCUT2D eigenvalue weighted by Gasteiger charge is 2.28. The molecule has 0 amide bonds. The average molecular weight is 365 g/mol. The molecule has 0 aromatic heterocycles. The van der Waals surface area contributed by atoms with Crippen LogP contribution in [-0.4, -0.2) is 33.5 Å². The summed E-state index contributed by atoms with van der Waals surface area (Å²) in [5.74, 6) is -0.563. The molecule has 1 heterocycles. The van der Waals surface area contributed by atoms with Crippen LogP contribution in [0.4, 0.5) is 5.69 Å². The first-order valence-electron chi connectivity index (χ1n) is 6.04. The van der Waals surface area contributed by atoms with E-state index in [1.807, 2.05) is 13.8 Å². The Labute approximate surface area is 126 Å².